The molecule has 0 saturated carbocycles. The number of hydrogen-bond acceptors (Lipinski definition) is 2. The highest BCUT2D eigenvalue weighted by Crippen LogP contribution is 2.26. The first-order valence-electron chi connectivity index (χ1n) is 5.99. The fourth-order valence-electron chi connectivity index (χ4n) is 2.30. The van der Waals surface area contributed by atoms with Crippen LogP contribution in [-0.4, -0.2) is 34.4 Å². The molecule has 0 aliphatic carbocycles. The van der Waals surface area contributed by atoms with Gasteiger partial charge in [-0.15, -0.1) is 11.6 Å². The van der Waals surface area contributed by atoms with Gasteiger partial charge >= 0.3 is 0 Å². The van der Waals surface area contributed by atoms with Crippen LogP contribution in [0.5, 0.6) is 5.75 Å². The molecular weight excluding hydrogens is 257 g/mol. The molecule has 1 aromatic carbocycles. The highest BCUT2D eigenvalue weighted by atomic mass is 35.5. The average molecular weight is 272 g/mol. The van der Waals surface area contributed by atoms with E-state index < -0.39 is 11.7 Å². The van der Waals surface area contributed by atoms with Crippen molar-refractivity contribution < 1.29 is 14.3 Å². The van der Waals surface area contributed by atoms with E-state index in [1.807, 2.05) is 0 Å². The Morgan fingerprint density at radius 2 is 2.28 bits per heavy atom. The second-order valence-electron chi connectivity index (χ2n) is 4.44. The largest absolute Gasteiger partial charge is 0.507 e. The molecule has 1 heterocycles. The summed E-state index contributed by atoms with van der Waals surface area (Å²) in [7, 11) is 0. The Bertz CT molecular complexity index is 432. The number of piperidine rings is 1. The van der Waals surface area contributed by atoms with Crippen molar-refractivity contribution in [3.63, 3.8) is 0 Å². The number of aromatic hydroxyl groups is 1. The quantitative estimate of drug-likeness (QED) is 0.841. The van der Waals surface area contributed by atoms with Crippen LogP contribution in [-0.2, 0) is 0 Å². The van der Waals surface area contributed by atoms with Gasteiger partial charge < -0.3 is 10.0 Å². The fourth-order valence-corrected chi connectivity index (χ4v) is 2.62. The molecule has 1 atom stereocenters. The van der Waals surface area contributed by atoms with Gasteiger partial charge in [-0.05, 0) is 31.4 Å². The topological polar surface area (TPSA) is 40.5 Å². The third-order valence-electron chi connectivity index (χ3n) is 3.27. The van der Waals surface area contributed by atoms with Crippen LogP contribution in [0.1, 0.15) is 29.6 Å². The van der Waals surface area contributed by atoms with Crippen LogP contribution in [0.2, 0.25) is 0 Å². The lowest BCUT2D eigenvalue weighted by molar-refractivity contribution is 0.0631. The Kier molecular flexibility index (Phi) is 4.07. The van der Waals surface area contributed by atoms with Gasteiger partial charge in [0.05, 0.1) is 0 Å². The number of carbonyl (C=O) groups is 1. The summed E-state index contributed by atoms with van der Waals surface area (Å²) >= 11 is 5.84. The Labute approximate surface area is 110 Å². The molecule has 0 aromatic heterocycles. The van der Waals surface area contributed by atoms with Gasteiger partial charge in [-0.25, -0.2) is 4.39 Å². The number of rotatable bonds is 2. The lowest BCUT2D eigenvalue weighted by Gasteiger charge is -2.34. The second-order valence-corrected chi connectivity index (χ2v) is 4.75. The van der Waals surface area contributed by atoms with Crippen molar-refractivity contribution in [2.75, 3.05) is 12.4 Å². The number of phenols is 1. The normalized spacial score (nSPS) is 19.9. The van der Waals surface area contributed by atoms with Gasteiger partial charge in [0.15, 0.2) is 0 Å². The zero-order valence-corrected chi connectivity index (χ0v) is 10.7. The van der Waals surface area contributed by atoms with Crippen molar-refractivity contribution in [1.29, 1.82) is 0 Å². The Morgan fingerprint density at radius 1 is 1.50 bits per heavy atom. The van der Waals surface area contributed by atoms with E-state index >= 15 is 0 Å². The summed E-state index contributed by atoms with van der Waals surface area (Å²) in [6.07, 6.45) is 2.73. The molecule has 2 rings (SSSR count). The molecule has 0 bridgehead atoms. The summed E-state index contributed by atoms with van der Waals surface area (Å²) in [4.78, 5) is 13.8. The van der Waals surface area contributed by atoms with Gasteiger partial charge in [-0.2, -0.15) is 0 Å². The molecule has 3 nitrogen and oxygen atoms in total. The van der Waals surface area contributed by atoms with Crippen LogP contribution >= 0.6 is 11.6 Å². The molecule has 18 heavy (non-hydrogen) atoms. The molecule has 1 aliphatic heterocycles. The number of phenolic OH excluding ortho intramolecular Hbond substituents is 1. The maximum atomic E-state index is 13.6. The summed E-state index contributed by atoms with van der Waals surface area (Å²) in [6, 6.07) is 3.78. The van der Waals surface area contributed by atoms with E-state index in [1.54, 1.807) is 4.90 Å². The number of halogens is 2. The zero-order chi connectivity index (χ0) is 13.1. The van der Waals surface area contributed by atoms with Crippen molar-refractivity contribution in [2.45, 2.75) is 25.3 Å². The number of amides is 1. The Hall–Kier alpha value is -1.29. The van der Waals surface area contributed by atoms with E-state index in [0.29, 0.717) is 12.4 Å². The molecule has 1 fully saturated rings. The molecule has 1 amide bonds. The van der Waals surface area contributed by atoms with E-state index in [2.05, 4.69) is 0 Å². The molecule has 1 unspecified atom stereocenters. The third-order valence-corrected chi connectivity index (χ3v) is 3.63. The predicted octanol–water partition coefficient (Wildman–Crippen LogP) is 2.76. The molecule has 1 aromatic rings. The first-order valence-corrected chi connectivity index (χ1v) is 6.53. The lowest BCUT2D eigenvalue weighted by atomic mass is 10.0. The van der Waals surface area contributed by atoms with Crippen LogP contribution in [0.25, 0.3) is 0 Å². The van der Waals surface area contributed by atoms with Crippen LogP contribution in [0, 0.1) is 5.82 Å². The predicted molar refractivity (Wildman–Crippen MR) is 67.5 cm³/mol. The number of likely N-dealkylation sites (tertiary alicyclic amines) is 1. The van der Waals surface area contributed by atoms with Crippen LogP contribution in [0.4, 0.5) is 4.39 Å². The van der Waals surface area contributed by atoms with E-state index in [1.165, 1.54) is 18.2 Å². The summed E-state index contributed by atoms with van der Waals surface area (Å²) in [5.41, 5.74) is -0.255. The van der Waals surface area contributed by atoms with Crippen molar-refractivity contribution in [2.24, 2.45) is 0 Å². The smallest absolute Gasteiger partial charge is 0.260 e. The van der Waals surface area contributed by atoms with Gasteiger partial charge in [-0.3, -0.25) is 4.79 Å². The number of nitrogens with zero attached hydrogens (tertiary/aromatic N) is 1. The van der Waals surface area contributed by atoms with Gasteiger partial charge in [0.1, 0.15) is 17.1 Å². The van der Waals surface area contributed by atoms with Crippen molar-refractivity contribution >= 4 is 17.5 Å². The Balaban J connectivity index is 2.30. The number of carbonyl (C=O) groups excluding carboxylic acids is 1. The number of hydrogen-bond donors (Lipinski definition) is 1. The van der Waals surface area contributed by atoms with Gasteiger partial charge in [0.2, 0.25) is 0 Å². The van der Waals surface area contributed by atoms with E-state index in [4.69, 9.17) is 11.6 Å². The summed E-state index contributed by atoms with van der Waals surface area (Å²) in [6.45, 7) is 0.560. The fraction of sp³-hybridized carbons (Fsp3) is 0.462. The molecule has 0 radical (unpaired) electrons. The van der Waals surface area contributed by atoms with Crippen molar-refractivity contribution in [3.8, 4) is 5.75 Å². The molecule has 5 heteroatoms. The second kappa shape index (κ2) is 5.57. The maximum absolute atomic E-state index is 13.6. The molecule has 1 aliphatic rings. The first-order chi connectivity index (χ1) is 8.65. The highest BCUT2D eigenvalue weighted by molar-refractivity contribution is 6.18. The maximum Gasteiger partial charge on any atom is 0.260 e. The number of benzene rings is 1. The van der Waals surface area contributed by atoms with Crippen LogP contribution < -0.4 is 0 Å². The molecule has 0 spiro atoms. The van der Waals surface area contributed by atoms with E-state index in [0.717, 1.165) is 19.3 Å². The van der Waals surface area contributed by atoms with Crippen LogP contribution in [0.15, 0.2) is 18.2 Å². The summed E-state index contributed by atoms with van der Waals surface area (Å²) < 4.78 is 13.6. The zero-order valence-electron chi connectivity index (χ0n) is 9.90. The lowest BCUT2D eigenvalue weighted by Crippen LogP contribution is -2.45. The average Bonchev–Trinajstić information content (AvgIpc) is 2.38. The summed E-state index contributed by atoms with van der Waals surface area (Å²) in [5.74, 6) is -1.16. The highest BCUT2D eigenvalue weighted by Gasteiger charge is 2.29. The van der Waals surface area contributed by atoms with Gasteiger partial charge in [0.25, 0.3) is 5.91 Å². The van der Waals surface area contributed by atoms with Gasteiger partial charge in [0, 0.05) is 18.5 Å². The number of alkyl halides is 1. The molecular formula is C13H15ClFNO2. The monoisotopic (exact) mass is 271 g/mol. The minimum Gasteiger partial charge on any atom is -0.507 e. The van der Waals surface area contributed by atoms with Crippen LogP contribution in [0.3, 0.4) is 0 Å². The van der Waals surface area contributed by atoms with E-state index in [9.17, 15) is 14.3 Å². The first kappa shape index (κ1) is 13.1. The van der Waals surface area contributed by atoms with Crippen molar-refractivity contribution in [3.05, 3.63) is 29.6 Å². The minimum absolute atomic E-state index is 0.0769. The standard InChI is InChI=1S/C13H15ClFNO2/c14-8-9-4-1-2-7-16(9)13(18)12-10(15)5-3-6-11(12)17/h3,5-6,9,17H,1-2,4,7-8H2. The summed E-state index contributed by atoms with van der Waals surface area (Å²) in [5, 5.41) is 9.63. The molecule has 1 saturated heterocycles. The molecule has 1 N–H and O–H groups in total. The molecule has 98 valence electrons. The Morgan fingerprint density at radius 3 is 2.94 bits per heavy atom. The SMILES string of the molecule is O=C(c1c(O)cccc1F)N1CCCCC1CCl. The van der Waals surface area contributed by atoms with E-state index in [-0.39, 0.29) is 17.4 Å². The van der Waals surface area contributed by atoms with Crippen molar-refractivity contribution in [1.82, 2.24) is 4.90 Å². The minimum atomic E-state index is -0.695. The van der Waals surface area contributed by atoms with Gasteiger partial charge in [-0.1, -0.05) is 6.07 Å². The third kappa shape index (κ3) is 2.43.